The normalized spacial score (nSPS) is 20.4. The topological polar surface area (TPSA) is 79.6 Å². The molecule has 2 heterocycles. The number of carbonyl (C=O) groups is 1. The van der Waals surface area contributed by atoms with Crippen LogP contribution in [0.3, 0.4) is 0 Å². The summed E-state index contributed by atoms with van der Waals surface area (Å²) in [4.78, 5) is 13.7. The number of carbonyl (C=O) groups excluding carboxylic acids is 1. The third-order valence-electron chi connectivity index (χ3n) is 3.05. The summed E-state index contributed by atoms with van der Waals surface area (Å²) in [5.41, 5.74) is 0. The van der Waals surface area contributed by atoms with Crippen LogP contribution < -0.4 is 4.72 Å². The van der Waals surface area contributed by atoms with Crippen LogP contribution >= 0.6 is 0 Å². The van der Waals surface area contributed by atoms with Crippen molar-refractivity contribution in [2.75, 3.05) is 19.3 Å². The smallest absolute Gasteiger partial charge is 0.246 e. The highest BCUT2D eigenvalue weighted by Crippen LogP contribution is 2.12. The molecular weight excluding hydrogens is 280 g/mol. The molecule has 1 amide bonds. The van der Waals surface area contributed by atoms with E-state index in [1.165, 1.54) is 12.3 Å². The first kappa shape index (κ1) is 14.8. The molecule has 1 saturated heterocycles. The maximum atomic E-state index is 12.0. The molecule has 1 aromatic rings. The monoisotopic (exact) mass is 298 g/mol. The molecule has 1 fully saturated rings. The molecule has 1 aromatic heterocycles. The van der Waals surface area contributed by atoms with Gasteiger partial charge >= 0.3 is 0 Å². The molecule has 1 aliphatic rings. The molecule has 1 atom stereocenters. The molecule has 0 aromatic carbocycles. The van der Waals surface area contributed by atoms with E-state index in [1.54, 1.807) is 23.1 Å². The van der Waals surface area contributed by atoms with Gasteiger partial charge < -0.3 is 9.32 Å². The molecule has 6 nitrogen and oxygen atoms in total. The molecule has 7 heteroatoms. The van der Waals surface area contributed by atoms with E-state index in [-0.39, 0.29) is 11.9 Å². The second-order valence-electron chi connectivity index (χ2n) is 4.86. The maximum absolute atomic E-state index is 12.0. The Labute approximate surface area is 118 Å². The Kier molecular flexibility index (Phi) is 4.61. The van der Waals surface area contributed by atoms with Gasteiger partial charge in [0.15, 0.2) is 0 Å². The molecule has 0 unspecified atom stereocenters. The fraction of sp³-hybridized carbons (Fsp3) is 0.462. The molecule has 0 saturated carbocycles. The predicted octanol–water partition coefficient (Wildman–Crippen LogP) is 0.833. The highest BCUT2D eigenvalue weighted by molar-refractivity contribution is 7.88. The summed E-state index contributed by atoms with van der Waals surface area (Å²) in [7, 11) is -3.24. The summed E-state index contributed by atoms with van der Waals surface area (Å²) >= 11 is 0. The minimum absolute atomic E-state index is 0.138. The average molecular weight is 298 g/mol. The molecule has 1 aliphatic heterocycles. The molecule has 1 N–H and O–H groups in total. The van der Waals surface area contributed by atoms with E-state index >= 15 is 0 Å². The van der Waals surface area contributed by atoms with Crippen LogP contribution in [0.25, 0.3) is 6.08 Å². The van der Waals surface area contributed by atoms with Crippen molar-refractivity contribution in [2.45, 2.75) is 18.9 Å². The van der Waals surface area contributed by atoms with E-state index in [9.17, 15) is 13.2 Å². The first-order valence-corrected chi connectivity index (χ1v) is 8.31. The first-order valence-electron chi connectivity index (χ1n) is 6.42. The Balaban J connectivity index is 1.93. The zero-order valence-electron chi connectivity index (χ0n) is 11.3. The Morgan fingerprint density at radius 1 is 1.55 bits per heavy atom. The summed E-state index contributed by atoms with van der Waals surface area (Å²) < 4.78 is 30.1. The summed E-state index contributed by atoms with van der Waals surface area (Å²) in [5.74, 6) is 0.475. The molecule has 2 rings (SSSR count). The van der Waals surface area contributed by atoms with Crippen molar-refractivity contribution in [1.29, 1.82) is 0 Å². The van der Waals surface area contributed by atoms with Gasteiger partial charge in [-0.25, -0.2) is 13.1 Å². The molecule has 0 spiro atoms. The van der Waals surface area contributed by atoms with Crippen molar-refractivity contribution >= 4 is 22.0 Å². The third kappa shape index (κ3) is 4.50. The Hall–Kier alpha value is -1.60. The van der Waals surface area contributed by atoms with Gasteiger partial charge in [-0.2, -0.15) is 0 Å². The number of sulfonamides is 1. The molecule has 20 heavy (non-hydrogen) atoms. The fourth-order valence-electron chi connectivity index (χ4n) is 2.22. The van der Waals surface area contributed by atoms with Crippen LogP contribution in [0.15, 0.2) is 28.9 Å². The standard InChI is InChI=1S/C13H18N2O4S/c1-20(17,18)14-11-4-2-8-15(10-11)13(16)7-6-12-5-3-9-19-12/h3,5-7,9,11,14H,2,4,8,10H2,1H3/b7-6+/t11-/m1/s1. The van der Waals surface area contributed by atoms with E-state index in [1.807, 2.05) is 0 Å². The largest absolute Gasteiger partial charge is 0.465 e. The van der Waals surface area contributed by atoms with E-state index in [0.717, 1.165) is 19.1 Å². The number of piperidine rings is 1. The quantitative estimate of drug-likeness (QED) is 0.835. The number of furan rings is 1. The van der Waals surface area contributed by atoms with Crippen molar-refractivity contribution in [3.8, 4) is 0 Å². The summed E-state index contributed by atoms with van der Waals surface area (Å²) in [6.07, 6.45) is 7.26. The lowest BCUT2D eigenvalue weighted by atomic mass is 10.1. The van der Waals surface area contributed by atoms with Gasteiger partial charge in [-0.1, -0.05) is 0 Å². The Morgan fingerprint density at radius 3 is 3.00 bits per heavy atom. The van der Waals surface area contributed by atoms with Crippen LogP contribution in [-0.2, 0) is 14.8 Å². The number of hydrogen-bond donors (Lipinski definition) is 1. The van der Waals surface area contributed by atoms with Crippen LogP contribution in [0.4, 0.5) is 0 Å². The predicted molar refractivity (Wildman–Crippen MR) is 75.3 cm³/mol. The second-order valence-corrected chi connectivity index (χ2v) is 6.64. The van der Waals surface area contributed by atoms with Crippen molar-refractivity contribution in [2.24, 2.45) is 0 Å². The highest BCUT2D eigenvalue weighted by atomic mass is 32.2. The van der Waals surface area contributed by atoms with E-state index < -0.39 is 10.0 Å². The third-order valence-corrected chi connectivity index (χ3v) is 3.81. The fourth-order valence-corrected chi connectivity index (χ4v) is 3.02. The number of likely N-dealkylation sites (tertiary alicyclic amines) is 1. The molecule has 0 aliphatic carbocycles. The van der Waals surface area contributed by atoms with Crippen LogP contribution in [0, 0.1) is 0 Å². The van der Waals surface area contributed by atoms with Crippen molar-refractivity contribution < 1.29 is 17.6 Å². The van der Waals surface area contributed by atoms with Gasteiger partial charge in [0, 0.05) is 25.2 Å². The Morgan fingerprint density at radius 2 is 2.35 bits per heavy atom. The molecular formula is C13H18N2O4S. The van der Waals surface area contributed by atoms with E-state index in [4.69, 9.17) is 4.42 Å². The average Bonchev–Trinajstić information content (AvgIpc) is 2.87. The van der Waals surface area contributed by atoms with Gasteiger partial charge in [0.1, 0.15) is 5.76 Å². The van der Waals surface area contributed by atoms with Gasteiger partial charge in [0.2, 0.25) is 15.9 Å². The van der Waals surface area contributed by atoms with Crippen LogP contribution in [0.5, 0.6) is 0 Å². The van der Waals surface area contributed by atoms with Crippen LogP contribution in [-0.4, -0.2) is 44.6 Å². The van der Waals surface area contributed by atoms with Gasteiger partial charge in [-0.05, 0) is 31.1 Å². The SMILES string of the molecule is CS(=O)(=O)N[C@@H]1CCCN(C(=O)/C=C/c2ccco2)C1. The minimum atomic E-state index is -3.24. The lowest BCUT2D eigenvalue weighted by Gasteiger charge is -2.32. The number of rotatable bonds is 4. The lowest BCUT2D eigenvalue weighted by molar-refractivity contribution is -0.127. The van der Waals surface area contributed by atoms with Gasteiger partial charge in [-0.15, -0.1) is 0 Å². The molecule has 0 radical (unpaired) electrons. The van der Waals surface area contributed by atoms with Gasteiger partial charge in [0.25, 0.3) is 0 Å². The van der Waals surface area contributed by atoms with Crippen molar-refractivity contribution in [3.63, 3.8) is 0 Å². The first-order chi connectivity index (χ1) is 9.44. The molecule has 0 bridgehead atoms. The zero-order valence-corrected chi connectivity index (χ0v) is 12.1. The number of nitrogens with one attached hydrogen (secondary N) is 1. The molecule has 110 valence electrons. The number of hydrogen-bond acceptors (Lipinski definition) is 4. The van der Waals surface area contributed by atoms with Crippen molar-refractivity contribution in [1.82, 2.24) is 9.62 Å². The summed E-state index contributed by atoms with van der Waals surface area (Å²) in [6.45, 7) is 1.04. The zero-order chi connectivity index (χ0) is 14.6. The van der Waals surface area contributed by atoms with E-state index in [0.29, 0.717) is 18.8 Å². The second kappa shape index (κ2) is 6.23. The van der Waals surface area contributed by atoms with Crippen LogP contribution in [0.1, 0.15) is 18.6 Å². The number of nitrogens with zero attached hydrogens (tertiary/aromatic N) is 1. The lowest BCUT2D eigenvalue weighted by Crippen LogP contribution is -2.48. The maximum Gasteiger partial charge on any atom is 0.246 e. The van der Waals surface area contributed by atoms with Gasteiger partial charge in [-0.3, -0.25) is 4.79 Å². The van der Waals surface area contributed by atoms with Crippen molar-refractivity contribution in [3.05, 3.63) is 30.2 Å². The highest BCUT2D eigenvalue weighted by Gasteiger charge is 2.24. The number of amides is 1. The summed E-state index contributed by atoms with van der Waals surface area (Å²) in [6, 6.07) is 3.30. The van der Waals surface area contributed by atoms with E-state index in [2.05, 4.69) is 4.72 Å². The summed E-state index contributed by atoms with van der Waals surface area (Å²) in [5, 5.41) is 0. The van der Waals surface area contributed by atoms with Gasteiger partial charge in [0.05, 0.1) is 12.5 Å². The Bertz CT molecular complexity index is 578. The minimum Gasteiger partial charge on any atom is -0.465 e. The van der Waals surface area contributed by atoms with Crippen LogP contribution in [0.2, 0.25) is 0 Å².